The minimum atomic E-state index is 0.352. The quantitative estimate of drug-likeness (QED) is 0.435. The number of rotatable bonds is 10. The molecule has 0 aliphatic carbocycles. The van der Waals surface area contributed by atoms with Gasteiger partial charge in [0.1, 0.15) is 0 Å². The largest absolute Gasteiger partial charge is 0.382 e. The number of ether oxygens (including phenoxy) is 2. The van der Waals surface area contributed by atoms with E-state index in [1.807, 2.05) is 0 Å². The average molecular weight is 360 g/mol. The number of halogens is 2. The van der Waals surface area contributed by atoms with Crippen LogP contribution < -0.4 is 0 Å². The molecule has 98 valence electrons. The molecule has 2 nitrogen and oxygen atoms in total. The summed E-state index contributed by atoms with van der Waals surface area (Å²) < 4.78 is 10.4. The molecule has 0 heterocycles. The third-order valence-corrected chi connectivity index (χ3v) is 5.39. The SMILES string of the molecule is COCCOCCCC(CBr)(CBr)C(C)C. The summed E-state index contributed by atoms with van der Waals surface area (Å²) in [5, 5.41) is 2.09. The first kappa shape index (κ1) is 16.9. The molecule has 16 heavy (non-hydrogen) atoms. The minimum Gasteiger partial charge on any atom is -0.382 e. The average Bonchev–Trinajstić information content (AvgIpc) is 2.28. The van der Waals surface area contributed by atoms with Gasteiger partial charge in [-0.3, -0.25) is 0 Å². The molecule has 0 N–H and O–H groups in total. The zero-order valence-corrected chi connectivity index (χ0v) is 13.8. The fourth-order valence-electron chi connectivity index (χ4n) is 1.54. The third kappa shape index (κ3) is 5.99. The van der Waals surface area contributed by atoms with Crippen molar-refractivity contribution in [2.75, 3.05) is 37.6 Å². The van der Waals surface area contributed by atoms with Crippen molar-refractivity contribution in [3.8, 4) is 0 Å². The molecule has 0 amide bonds. The molecule has 0 aliphatic rings. The van der Waals surface area contributed by atoms with Crippen LogP contribution in [0.2, 0.25) is 0 Å². The van der Waals surface area contributed by atoms with Gasteiger partial charge in [-0.2, -0.15) is 0 Å². The van der Waals surface area contributed by atoms with Gasteiger partial charge in [0.2, 0.25) is 0 Å². The molecule has 0 saturated heterocycles. The predicted octanol–water partition coefficient (Wildman–Crippen LogP) is 3.86. The first-order valence-corrected chi connectivity index (χ1v) is 8.06. The molecule has 0 saturated carbocycles. The Morgan fingerprint density at radius 2 is 1.69 bits per heavy atom. The highest BCUT2D eigenvalue weighted by Crippen LogP contribution is 2.36. The van der Waals surface area contributed by atoms with E-state index in [4.69, 9.17) is 9.47 Å². The summed E-state index contributed by atoms with van der Waals surface area (Å²) in [6, 6.07) is 0. The molecule has 0 bridgehead atoms. The maximum atomic E-state index is 5.48. The van der Waals surface area contributed by atoms with Crippen molar-refractivity contribution in [2.45, 2.75) is 26.7 Å². The van der Waals surface area contributed by atoms with Crippen molar-refractivity contribution in [2.24, 2.45) is 11.3 Å². The maximum absolute atomic E-state index is 5.48. The minimum absolute atomic E-state index is 0.352. The summed E-state index contributed by atoms with van der Waals surface area (Å²) in [4.78, 5) is 0. The van der Waals surface area contributed by atoms with Gasteiger partial charge in [-0.15, -0.1) is 0 Å². The lowest BCUT2D eigenvalue weighted by molar-refractivity contribution is 0.0632. The van der Waals surface area contributed by atoms with Gasteiger partial charge in [-0.1, -0.05) is 45.7 Å². The molecular formula is C12H24Br2O2. The van der Waals surface area contributed by atoms with E-state index >= 15 is 0 Å². The van der Waals surface area contributed by atoms with Crippen LogP contribution in [0.3, 0.4) is 0 Å². The molecule has 0 aromatic rings. The second-order valence-corrected chi connectivity index (χ2v) is 5.61. The van der Waals surface area contributed by atoms with E-state index in [0.29, 0.717) is 24.5 Å². The summed E-state index contributed by atoms with van der Waals surface area (Å²) in [5.74, 6) is 0.672. The van der Waals surface area contributed by atoms with Crippen LogP contribution in [0.25, 0.3) is 0 Å². The Hall–Kier alpha value is 0.880. The van der Waals surface area contributed by atoms with Crippen LogP contribution in [0, 0.1) is 11.3 Å². The normalized spacial score (nSPS) is 12.4. The highest BCUT2D eigenvalue weighted by atomic mass is 79.9. The van der Waals surface area contributed by atoms with Crippen LogP contribution in [-0.4, -0.2) is 37.6 Å². The first-order chi connectivity index (χ1) is 7.63. The van der Waals surface area contributed by atoms with E-state index in [1.165, 1.54) is 6.42 Å². The zero-order chi connectivity index (χ0) is 12.4. The summed E-state index contributed by atoms with van der Waals surface area (Å²) in [7, 11) is 1.70. The molecule has 0 aliphatic heterocycles. The van der Waals surface area contributed by atoms with Crippen molar-refractivity contribution in [3.63, 3.8) is 0 Å². The van der Waals surface area contributed by atoms with Crippen LogP contribution in [0.1, 0.15) is 26.7 Å². The van der Waals surface area contributed by atoms with E-state index in [0.717, 1.165) is 23.7 Å². The predicted molar refractivity (Wildman–Crippen MR) is 76.8 cm³/mol. The van der Waals surface area contributed by atoms with Crippen LogP contribution >= 0.6 is 31.9 Å². The van der Waals surface area contributed by atoms with Gasteiger partial charge >= 0.3 is 0 Å². The summed E-state index contributed by atoms with van der Waals surface area (Å²) >= 11 is 7.27. The molecule has 0 radical (unpaired) electrons. The van der Waals surface area contributed by atoms with Gasteiger partial charge < -0.3 is 9.47 Å². The second-order valence-electron chi connectivity index (χ2n) is 4.49. The molecule has 4 heteroatoms. The molecule has 0 atom stereocenters. The van der Waals surface area contributed by atoms with E-state index in [-0.39, 0.29) is 0 Å². The standard InChI is InChI=1S/C12H24Br2O2/c1-11(2)12(9-13,10-14)5-4-6-16-8-7-15-3/h11H,4-10H2,1-3H3. The van der Waals surface area contributed by atoms with E-state index in [9.17, 15) is 0 Å². The molecule has 0 aromatic carbocycles. The Balaban J connectivity index is 3.77. The summed E-state index contributed by atoms with van der Waals surface area (Å²) in [5.41, 5.74) is 0.352. The lowest BCUT2D eigenvalue weighted by Gasteiger charge is -2.34. The summed E-state index contributed by atoms with van der Waals surface area (Å²) in [6.07, 6.45) is 2.30. The Morgan fingerprint density at radius 1 is 1.06 bits per heavy atom. The summed E-state index contributed by atoms with van der Waals surface area (Å²) in [6.45, 7) is 6.79. The lowest BCUT2D eigenvalue weighted by atomic mass is 9.77. The van der Waals surface area contributed by atoms with Crippen molar-refractivity contribution in [1.29, 1.82) is 0 Å². The van der Waals surface area contributed by atoms with Crippen LogP contribution in [0.15, 0.2) is 0 Å². The van der Waals surface area contributed by atoms with Crippen LogP contribution in [0.4, 0.5) is 0 Å². The number of hydrogen-bond acceptors (Lipinski definition) is 2. The fraction of sp³-hybridized carbons (Fsp3) is 1.00. The van der Waals surface area contributed by atoms with Crippen molar-refractivity contribution in [3.05, 3.63) is 0 Å². The van der Waals surface area contributed by atoms with Crippen molar-refractivity contribution >= 4 is 31.9 Å². The Kier molecular flexibility index (Phi) is 10.4. The first-order valence-electron chi connectivity index (χ1n) is 5.81. The Labute approximate surface area is 117 Å². The molecule has 0 unspecified atom stereocenters. The zero-order valence-electron chi connectivity index (χ0n) is 10.6. The molecule has 0 aromatic heterocycles. The van der Waals surface area contributed by atoms with Gasteiger partial charge in [0, 0.05) is 24.4 Å². The van der Waals surface area contributed by atoms with Gasteiger partial charge in [-0.05, 0) is 24.2 Å². The van der Waals surface area contributed by atoms with E-state index in [2.05, 4.69) is 45.7 Å². The van der Waals surface area contributed by atoms with Crippen LogP contribution in [-0.2, 0) is 9.47 Å². The van der Waals surface area contributed by atoms with Gasteiger partial charge in [-0.25, -0.2) is 0 Å². The Bertz CT molecular complexity index is 159. The highest BCUT2D eigenvalue weighted by Gasteiger charge is 2.30. The molecule has 0 rings (SSSR count). The Morgan fingerprint density at radius 3 is 2.12 bits per heavy atom. The fourth-order valence-corrected chi connectivity index (χ4v) is 4.32. The van der Waals surface area contributed by atoms with E-state index < -0.39 is 0 Å². The van der Waals surface area contributed by atoms with Gasteiger partial charge in [0.25, 0.3) is 0 Å². The topological polar surface area (TPSA) is 18.5 Å². The molecule has 0 fully saturated rings. The number of methoxy groups -OCH3 is 1. The second kappa shape index (κ2) is 9.86. The van der Waals surface area contributed by atoms with Crippen molar-refractivity contribution in [1.82, 2.24) is 0 Å². The maximum Gasteiger partial charge on any atom is 0.0700 e. The lowest BCUT2D eigenvalue weighted by Crippen LogP contribution is -2.31. The van der Waals surface area contributed by atoms with Crippen molar-refractivity contribution < 1.29 is 9.47 Å². The van der Waals surface area contributed by atoms with Gasteiger partial charge in [0.15, 0.2) is 0 Å². The van der Waals surface area contributed by atoms with Gasteiger partial charge in [0.05, 0.1) is 13.2 Å². The monoisotopic (exact) mass is 358 g/mol. The van der Waals surface area contributed by atoms with E-state index in [1.54, 1.807) is 7.11 Å². The smallest absolute Gasteiger partial charge is 0.0700 e. The van der Waals surface area contributed by atoms with Crippen LogP contribution in [0.5, 0.6) is 0 Å². The third-order valence-electron chi connectivity index (χ3n) is 3.15. The number of hydrogen-bond donors (Lipinski definition) is 0. The number of alkyl halides is 2. The highest BCUT2D eigenvalue weighted by molar-refractivity contribution is 9.09. The molecular weight excluding hydrogens is 336 g/mol. The molecule has 0 spiro atoms.